The highest BCUT2D eigenvalue weighted by atomic mass is 32.3. The van der Waals surface area contributed by atoms with Crippen LogP contribution in [0, 0.1) is 5.92 Å². The second-order valence-electron chi connectivity index (χ2n) is 2.29. The van der Waals surface area contributed by atoms with Gasteiger partial charge in [-0.1, -0.05) is 3.89 Å². The fourth-order valence-electron chi connectivity index (χ4n) is 0.772. The molecule has 1 heterocycles. The van der Waals surface area contributed by atoms with Crippen molar-refractivity contribution < 1.29 is 22.2 Å². The maximum Gasteiger partial charge on any atom is 0.374 e. The topological polar surface area (TPSA) is 74.7 Å². The molecule has 0 aromatic carbocycles. The molecule has 1 saturated heterocycles. The van der Waals surface area contributed by atoms with Crippen molar-refractivity contribution in [1.29, 1.82) is 0 Å². The van der Waals surface area contributed by atoms with E-state index in [2.05, 4.69) is 0 Å². The van der Waals surface area contributed by atoms with Crippen LogP contribution >= 0.6 is 0 Å². The van der Waals surface area contributed by atoms with E-state index in [1.165, 1.54) is 0 Å². The highest BCUT2D eigenvalue weighted by Gasteiger charge is 2.39. The molecule has 0 atom stereocenters. The molecule has 0 unspecified atom stereocenters. The molecule has 1 rings (SSSR count). The first kappa shape index (κ1) is 8.41. The number of carboxylic acid groups (broad SMARTS) is 1. The summed E-state index contributed by atoms with van der Waals surface area (Å²) in [5.74, 6) is -1.84. The van der Waals surface area contributed by atoms with Crippen LogP contribution in [0.25, 0.3) is 0 Å². The normalized spacial score (nSPS) is 21.2. The Morgan fingerprint density at radius 2 is 2.00 bits per heavy atom. The molecule has 1 N–H and O–H groups in total. The zero-order valence-electron chi connectivity index (χ0n) is 5.40. The van der Waals surface area contributed by atoms with Gasteiger partial charge < -0.3 is 5.11 Å². The Kier molecular flexibility index (Phi) is 1.85. The quantitative estimate of drug-likeness (QED) is 0.570. The molecule has 64 valence electrons. The first-order valence-corrected chi connectivity index (χ1v) is 4.18. The zero-order chi connectivity index (χ0) is 8.65. The predicted octanol–water partition coefficient (Wildman–Crippen LogP) is -0.783. The molecule has 0 saturated carbocycles. The van der Waals surface area contributed by atoms with E-state index in [1.54, 1.807) is 0 Å². The van der Waals surface area contributed by atoms with Crippen LogP contribution in [0.3, 0.4) is 0 Å². The Balaban J connectivity index is 2.48. The van der Waals surface area contributed by atoms with Crippen LogP contribution in [-0.2, 0) is 15.2 Å². The standard InChI is InChI=1S/C4H6FNO4S/c5-11(9,10)6-1-3(2-6)4(7)8/h3H,1-2H2,(H,7,8). The molecule has 1 aliphatic rings. The summed E-state index contributed by atoms with van der Waals surface area (Å²) in [7, 11) is -4.66. The summed E-state index contributed by atoms with van der Waals surface area (Å²) in [6.07, 6.45) is 0. The highest BCUT2D eigenvalue weighted by molar-refractivity contribution is 7.84. The van der Waals surface area contributed by atoms with Gasteiger partial charge in [-0.05, 0) is 0 Å². The Morgan fingerprint density at radius 3 is 2.27 bits per heavy atom. The monoisotopic (exact) mass is 183 g/mol. The van der Waals surface area contributed by atoms with Gasteiger partial charge in [-0.2, -0.15) is 12.7 Å². The zero-order valence-corrected chi connectivity index (χ0v) is 6.21. The molecular formula is C4H6FNO4S. The maximum atomic E-state index is 12.0. The number of carbonyl (C=O) groups is 1. The molecule has 1 aliphatic heterocycles. The third-order valence-corrected chi connectivity index (χ3v) is 2.42. The molecule has 0 radical (unpaired) electrons. The largest absolute Gasteiger partial charge is 0.481 e. The molecule has 0 spiro atoms. The molecule has 0 aromatic rings. The van der Waals surface area contributed by atoms with Gasteiger partial charge in [0.2, 0.25) is 0 Å². The average molecular weight is 183 g/mol. The van der Waals surface area contributed by atoms with E-state index >= 15 is 0 Å². The summed E-state index contributed by atoms with van der Waals surface area (Å²) in [6.45, 7) is -0.512. The lowest BCUT2D eigenvalue weighted by molar-refractivity contribution is -0.145. The number of hydrogen-bond donors (Lipinski definition) is 1. The Labute approximate surface area is 62.8 Å². The lowest BCUT2D eigenvalue weighted by Crippen LogP contribution is -2.51. The summed E-state index contributed by atoms with van der Waals surface area (Å²) in [6, 6.07) is 0. The minimum Gasteiger partial charge on any atom is -0.481 e. The van der Waals surface area contributed by atoms with Gasteiger partial charge in [0.25, 0.3) is 0 Å². The second kappa shape index (κ2) is 2.42. The van der Waals surface area contributed by atoms with Crippen LogP contribution in [0.2, 0.25) is 0 Å². The van der Waals surface area contributed by atoms with Crippen molar-refractivity contribution >= 4 is 16.4 Å². The van der Waals surface area contributed by atoms with Gasteiger partial charge in [0.05, 0.1) is 5.92 Å². The van der Waals surface area contributed by atoms with Crippen molar-refractivity contribution in [3.05, 3.63) is 0 Å². The fourth-order valence-corrected chi connectivity index (χ4v) is 1.49. The van der Waals surface area contributed by atoms with Gasteiger partial charge in [0.15, 0.2) is 0 Å². The van der Waals surface area contributed by atoms with E-state index in [4.69, 9.17) is 5.11 Å². The van der Waals surface area contributed by atoms with Crippen LogP contribution in [0.4, 0.5) is 3.89 Å². The number of nitrogens with zero attached hydrogens (tertiary/aromatic N) is 1. The molecule has 0 amide bonds. The lowest BCUT2D eigenvalue weighted by Gasteiger charge is -2.31. The first-order valence-electron chi connectivity index (χ1n) is 2.84. The number of carboxylic acids is 1. The van der Waals surface area contributed by atoms with Gasteiger partial charge in [-0.3, -0.25) is 4.79 Å². The number of halogens is 1. The van der Waals surface area contributed by atoms with Gasteiger partial charge in [0.1, 0.15) is 0 Å². The summed E-state index contributed by atoms with van der Waals surface area (Å²) in [5.41, 5.74) is 0. The average Bonchev–Trinajstić information content (AvgIpc) is 1.51. The van der Waals surface area contributed by atoms with Crippen molar-refractivity contribution in [2.24, 2.45) is 5.92 Å². The SMILES string of the molecule is O=C(O)C1CN(S(=O)(=O)F)C1. The van der Waals surface area contributed by atoms with Gasteiger partial charge in [0, 0.05) is 13.1 Å². The molecule has 1 fully saturated rings. The van der Waals surface area contributed by atoms with Crippen LogP contribution in [0.5, 0.6) is 0 Å². The van der Waals surface area contributed by atoms with Crippen molar-refractivity contribution in [3.8, 4) is 0 Å². The summed E-state index contributed by atoms with van der Waals surface area (Å²) < 4.78 is 32.6. The highest BCUT2D eigenvalue weighted by Crippen LogP contribution is 2.19. The molecule has 7 heteroatoms. The molecular weight excluding hydrogens is 177 g/mol. The van der Waals surface area contributed by atoms with Crippen LogP contribution in [0.15, 0.2) is 0 Å². The van der Waals surface area contributed by atoms with E-state index in [0.717, 1.165) is 0 Å². The second-order valence-corrected chi connectivity index (χ2v) is 3.63. The van der Waals surface area contributed by atoms with Crippen molar-refractivity contribution in [2.45, 2.75) is 0 Å². The van der Waals surface area contributed by atoms with E-state index in [0.29, 0.717) is 4.31 Å². The fraction of sp³-hybridized carbons (Fsp3) is 0.750. The van der Waals surface area contributed by atoms with E-state index < -0.39 is 22.3 Å². The van der Waals surface area contributed by atoms with Crippen molar-refractivity contribution in [2.75, 3.05) is 13.1 Å². The van der Waals surface area contributed by atoms with Crippen LogP contribution in [-0.4, -0.2) is 36.9 Å². The number of rotatable bonds is 2. The smallest absolute Gasteiger partial charge is 0.374 e. The Hall–Kier alpha value is -0.690. The predicted molar refractivity (Wildman–Crippen MR) is 32.7 cm³/mol. The molecule has 0 aromatic heterocycles. The van der Waals surface area contributed by atoms with E-state index in [1.807, 2.05) is 0 Å². The van der Waals surface area contributed by atoms with E-state index in [9.17, 15) is 17.1 Å². The third-order valence-electron chi connectivity index (χ3n) is 1.51. The summed E-state index contributed by atoms with van der Waals surface area (Å²) in [5, 5.41) is 8.27. The Morgan fingerprint density at radius 1 is 1.55 bits per heavy atom. The van der Waals surface area contributed by atoms with Gasteiger partial charge in [-0.15, -0.1) is 0 Å². The summed E-state index contributed by atoms with van der Waals surface area (Å²) in [4.78, 5) is 10.1. The van der Waals surface area contributed by atoms with E-state index in [-0.39, 0.29) is 13.1 Å². The summed E-state index contributed by atoms with van der Waals surface area (Å²) >= 11 is 0. The van der Waals surface area contributed by atoms with Gasteiger partial charge in [-0.25, -0.2) is 0 Å². The van der Waals surface area contributed by atoms with Gasteiger partial charge >= 0.3 is 16.4 Å². The van der Waals surface area contributed by atoms with Crippen molar-refractivity contribution in [3.63, 3.8) is 0 Å². The number of aliphatic carboxylic acids is 1. The molecule has 0 aliphatic carbocycles. The van der Waals surface area contributed by atoms with Crippen LogP contribution in [0.1, 0.15) is 0 Å². The molecule has 5 nitrogen and oxygen atoms in total. The third kappa shape index (κ3) is 1.66. The minimum atomic E-state index is -4.66. The van der Waals surface area contributed by atoms with Crippen LogP contribution < -0.4 is 0 Å². The minimum absolute atomic E-state index is 0.256. The van der Waals surface area contributed by atoms with Crippen molar-refractivity contribution in [1.82, 2.24) is 4.31 Å². The first-order chi connectivity index (χ1) is 4.91. The molecule has 0 bridgehead atoms. The Bertz CT molecular complexity index is 268. The lowest BCUT2D eigenvalue weighted by atomic mass is 10.0. The maximum absolute atomic E-state index is 12.0. The number of hydrogen-bond acceptors (Lipinski definition) is 3. The molecule has 11 heavy (non-hydrogen) atoms.